The zero-order chi connectivity index (χ0) is 24.6. The molecule has 2 aromatic carbocycles. The average molecular weight is 505 g/mol. The number of methoxy groups -OCH3 is 1. The molecule has 0 radical (unpaired) electrons. The van der Waals surface area contributed by atoms with Gasteiger partial charge in [-0.05, 0) is 72.4 Å². The zero-order valence-electron chi connectivity index (χ0n) is 20.8. The zero-order valence-corrected chi connectivity index (χ0v) is 22.5. The van der Waals surface area contributed by atoms with E-state index in [0.29, 0.717) is 5.92 Å². The van der Waals surface area contributed by atoms with E-state index in [0.717, 1.165) is 58.2 Å². The predicted octanol–water partition coefficient (Wildman–Crippen LogP) is 6.94. The molecule has 4 aromatic rings. The Morgan fingerprint density at radius 1 is 1.11 bits per heavy atom. The Labute approximate surface area is 215 Å². The number of ether oxygens (including phenoxy) is 1. The maximum absolute atomic E-state index is 14.0. The van der Waals surface area contributed by atoms with Crippen LogP contribution in [-0.4, -0.2) is 22.4 Å². The van der Waals surface area contributed by atoms with Crippen LogP contribution in [0.15, 0.2) is 64.5 Å². The topological polar surface area (TPSA) is 44.1 Å². The molecule has 1 aliphatic rings. The lowest BCUT2D eigenvalue weighted by Gasteiger charge is -2.33. The van der Waals surface area contributed by atoms with Crippen molar-refractivity contribution >= 4 is 33.3 Å². The number of aryl methyl sites for hydroxylation is 2. The van der Waals surface area contributed by atoms with Gasteiger partial charge >= 0.3 is 0 Å². The van der Waals surface area contributed by atoms with Gasteiger partial charge in [0.2, 0.25) is 0 Å². The van der Waals surface area contributed by atoms with Gasteiger partial charge in [-0.15, -0.1) is 11.3 Å². The van der Waals surface area contributed by atoms with Gasteiger partial charge in [-0.1, -0.05) is 62.9 Å². The third kappa shape index (κ3) is 4.91. The monoisotopic (exact) mass is 504 g/mol. The number of benzene rings is 2. The number of thioether (sulfide) groups is 1. The van der Waals surface area contributed by atoms with Crippen molar-refractivity contribution in [3.05, 3.63) is 81.0 Å². The van der Waals surface area contributed by atoms with Gasteiger partial charge in [0, 0.05) is 10.6 Å². The highest BCUT2D eigenvalue weighted by Gasteiger charge is 2.32. The summed E-state index contributed by atoms with van der Waals surface area (Å²) in [7, 11) is 1.65. The maximum Gasteiger partial charge on any atom is 0.267 e. The van der Waals surface area contributed by atoms with Crippen molar-refractivity contribution in [1.29, 1.82) is 0 Å². The number of thiophene rings is 1. The van der Waals surface area contributed by atoms with Gasteiger partial charge < -0.3 is 4.74 Å². The minimum Gasteiger partial charge on any atom is -0.497 e. The first-order valence-corrected chi connectivity index (χ1v) is 14.0. The third-order valence-corrected chi connectivity index (χ3v) is 9.16. The first-order chi connectivity index (χ1) is 16.8. The SMILES string of the molecule is COc1ccc(-n2c(SCCc3ccccc3)nc3sc4c(c3c2=O)CCC(C(C)(C)C)C4)cc1. The van der Waals surface area contributed by atoms with E-state index in [9.17, 15) is 4.79 Å². The minimum absolute atomic E-state index is 0.0501. The molecular formula is C29H32N2O2S2. The van der Waals surface area contributed by atoms with Crippen LogP contribution in [0.2, 0.25) is 0 Å². The number of aromatic nitrogens is 2. The van der Waals surface area contributed by atoms with Crippen LogP contribution in [-0.2, 0) is 19.3 Å². The summed E-state index contributed by atoms with van der Waals surface area (Å²) in [6.07, 6.45) is 4.05. The standard InChI is InChI=1S/C29H32N2O2S2/c1-29(2,3)20-10-15-23-24(18-20)35-26-25(23)27(32)31(21-11-13-22(33-4)14-12-21)28(30-26)34-17-16-19-8-6-5-7-9-19/h5-9,11-14,20H,10,15-18H2,1-4H3. The van der Waals surface area contributed by atoms with Crippen LogP contribution >= 0.6 is 23.1 Å². The Morgan fingerprint density at radius 2 is 1.86 bits per heavy atom. The first-order valence-electron chi connectivity index (χ1n) is 12.2. The summed E-state index contributed by atoms with van der Waals surface area (Å²) in [6, 6.07) is 18.2. The first kappa shape index (κ1) is 24.1. The van der Waals surface area contributed by atoms with Crippen molar-refractivity contribution in [2.24, 2.45) is 11.3 Å². The van der Waals surface area contributed by atoms with E-state index in [1.807, 2.05) is 30.3 Å². The van der Waals surface area contributed by atoms with Crippen molar-refractivity contribution in [3.63, 3.8) is 0 Å². The van der Waals surface area contributed by atoms with Crippen LogP contribution in [0.3, 0.4) is 0 Å². The Hall–Kier alpha value is -2.57. The van der Waals surface area contributed by atoms with Gasteiger partial charge in [0.25, 0.3) is 5.56 Å². The van der Waals surface area contributed by atoms with Crippen molar-refractivity contribution < 1.29 is 4.74 Å². The van der Waals surface area contributed by atoms with Gasteiger partial charge in [0.1, 0.15) is 10.6 Å². The fourth-order valence-electron chi connectivity index (χ4n) is 4.91. The van der Waals surface area contributed by atoms with Crippen LogP contribution in [0.25, 0.3) is 15.9 Å². The van der Waals surface area contributed by atoms with Crippen LogP contribution in [0.5, 0.6) is 5.75 Å². The lowest BCUT2D eigenvalue weighted by atomic mass is 9.72. The number of hydrogen-bond acceptors (Lipinski definition) is 5. The van der Waals surface area contributed by atoms with E-state index < -0.39 is 0 Å². The molecule has 0 bridgehead atoms. The third-order valence-electron chi connectivity index (χ3n) is 7.07. The van der Waals surface area contributed by atoms with E-state index >= 15 is 0 Å². The van der Waals surface area contributed by atoms with Crippen molar-refractivity contribution in [3.8, 4) is 11.4 Å². The van der Waals surface area contributed by atoms with Gasteiger partial charge in [0.15, 0.2) is 5.16 Å². The molecule has 2 aromatic heterocycles. The molecule has 182 valence electrons. The summed E-state index contributed by atoms with van der Waals surface area (Å²) in [5.41, 5.74) is 3.67. The van der Waals surface area contributed by atoms with E-state index in [-0.39, 0.29) is 11.0 Å². The molecule has 1 atom stereocenters. The summed E-state index contributed by atoms with van der Waals surface area (Å²) in [5.74, 6) is 2.26. The van der Waals surface area contributed by atoms with Crippen molar-refractivity contribution in [1.82, 2.24) is 9.55 Å². The predicted molar refractivity (Wildman–Crippen MR) is 148 cm³/mol. The van der Waals surface area contributed by atoms with E-state index in [4.69, 9.17) is 9.72 Å². The largest absolute Gasteiger partial charge is 0.497 e. The minimum atomic E-state index is 0.0501. The average Bonchev–Trinajstić information content (AvgIpc) is 3.22. The molecule has 0 amide bonds. The number of rotatable bonds is 6. The van der Waals surface area contributed by atoms with E-state index in [1.54, 1.807) is 34.8 Å². The Morgan fingerprint density at radius 3 is 2.54 bits per heavy atom. The second-order valence-corrected chi connectivity index (χ2v) is 12.5. The molecule has 5 rings (SSSR count). The molecule has 0 spiro atoms. The Kier molecular flexibility index (Phi) is 6.78. The van der Waals surface area contributed by atoms with E-state index in [2.05, 4.69) is 45.0 Å². The molecule has 0 saturated heterocycles. The molecule has 4 nitrogen and oxygen atoms in total. The Balaban J connectivity index is 1.57. The molecule has 0 N–H and O–H groups in total. The fourth-order valence-corrected chi connectivity index (χ4v) is 7.25. The molecule has 0 saturated carbocycles. The lowest BCUT2D eigenvalue weighted by molar-refractivity contribution is 0.218. The highest BCUT2D eigenvalue weighted by molar-refractivity contribution is 7.99. The summed E-state index contributed by atoms with van der Waals surface area (Å²) in [4.78, 5) is 21.4. The van der Waals surface area contributed by atoms with Crippen LogP contribution in [0.4, 0.5) is 0 Å². The Bertz CT molecular complexity index is 1380. The molecular weight excluding hydrogens is 472 g/mol. The molecule has 6 heteroatoms. The number of fused-ring (bicyclic) bond motifs is 3. The van der Waals surface area contributed by atoms with Crippen molar-refractivity contribution in [2.45, 2.75) is 51.6 Å². The van der Waals surface area contributed by atoms with Crippen LogP contribution in [0, 0.1) is 11.3 Å². The van der Waals surface area contributed by atoms with Crippen molar-refractivity contribution in [2.75, 3.05) is 12.9 Å². The van der Waals surface area contributed by atoms with E-state index in [1.165, 1.54) is 16.0 Å². The van der Waals surface area contributed by atoms with Gasteiger partial charge in [-0.2, -0.15) is 0 Å². The molecule has 1 unspecified atom stereocenters. The molecule has 2 heterocycles. The van der Waals surface area contributed by atoms with Gasteiger partial charge in [-0.3, -0.25) is 9.36 Å². The highest BCUT2D eigenvalue weighted by Crippen LogP contribution is 2.42. The maximum atomic E-state index is 14.0. The smallest absolute Gasteiger partial charge is 0.267 e. The summed E-state index contributed by atoms with van der Waals surface area (Å²) in [5, 5.41) is 1.58. The molecule has 0 fully saturated rings. The normalized spacial score (nSPS) is 15.8. The second-order valence-electron chi connectivity index (χ2n) is 10.3. The quantitative estimate of drug-likeness (QED) is 0.211. The summed E-state index contributed by atoms with van der Waals surface area (Å²) >= 11 is 3.38. The lowest BCUT2D eigenvalue weighted by Crippen LogP contribution is -2.27. The van der Waals surface area contributed by atoms with Gasteiger partial charge in [-0.25, -0.2) is 4.98 Å². The number of hydrogen-bond donors (Lipinski definition) is 0. The van der Waals surface area contributed by atoms with Crippen LogP contribution < -0.4 is 10.3 Å². The molecule has 0 aliphatic heterocycles. The van der Waals surface area contributed by atoms with Gasteiger partial charge in [0.05, 0.1) is 18.2 Å². The fraction of sp³-hybridized carbons (Fsp3) is 0.379. The second kappa shape index (κ2) is 9.82. The molecule has 1 aliphatic carbocycles. The summed E-state index contributed by atoms with van der Waals surface area (Å²) in [6.45, 7) is 6.98. The molecule has 35 heavy (non-hydrogen) atoms. The summed E-state index contributed by atoms with van der Waals surface area (Å²) < 4.78 is 7.15. The highest BCUT2D eigenvalue weighted by atomic mass is 32.2. The number of nitrogens with zero attached hydrogens (tertiary/aromatic N) is 2. The van der Waals surface area contributed by atoms with Crippen LogP contribution in [0.1, 0.15) is 43.2 Å².